The molecule has 2 rings (SSSR count). The fourth-order valence-corrected chi connectivity index (χ4v) is 3.07. The van der Waals surface area contributed by atoms with Gasteiger partial charge in [-0.15, -0.1) is 0 Å². The van der Waals surface area contributed by atoms with Gasteiger partial charge in [0, 0.05) is 12.7 Å². The Morgan fingerprint density at radius 3 is 2.45 bits per heavy atom. The van der Waals surface area contributed by atoms with Crippen LogP contribution in [0, 0.1) is 0 Å². The van der Waals surface area contributed by atoms with Crippen molar-refractivity contribution < 1.29 is 8.42 Å². The third-order valence-corrected chi connectivity index (χ3v) is 4.30. The second-order valence-electron chi connectivity index (χ2n) is 3.67. The molecular weight excluding hydrogens is 327 g/mol. The molecule has 0 spiro atoms. The van der Waals surface area contributed by atoms with Crippen LogP contribution in [-0.2, 0) is 16.6 Å². The topological polar surface area (TPSA) is 116 Å². The van der Waals surface area contributed by atoms with Gasteiger partial charge in [0.25, 0.3) is 10.0 Å². The molecule has 20 heavy (non-hydrogen) atoms. The molecule has 0 bridgehead atoms. The molecule has 3 N–H and O–H groups in total. The summed E-state index contributed by atoms with van der Waals surface area (Å²) in [5, 5.41) is 3.63. The maximum atomic E-state index is 12.2. The first-order valence-corrected chi connectivity index (χ1v) is 7.60. The van der Waals surface area contributed by atoms with E-state index >= 15 is 0 Å². The summed E-state index contributed by atoms with van der Waals surface area (Å²) in [6, 6.07) is 0. The molecule has 2 aromatic heterocycles. The molecule has 8 nitrogen and oxygen atoms in total. The molecule has 0 atom stereocenters. The molecule has 0 saturated carbocycles. The Kier molecular flexibility index (Phi) is 4.02. The number of aryl methyl sites for hydroxylation is 1. The van der Waals surface area contributed by atoms with E-state index in [0.29, 0.717) is 6.54 Å². The Morgan fingerprint density at radius 1 is 1.35 bits per heavy atom. The molecule has 0 amide bonds. The van der Waals surface area contributed by atoms with E-state index in [1.54, 1.807) is 6.92 Å². The van der Waals surface area contributed by atoms with Crippen molar-refractivity contribution >= 4 is 44.7 Å². The molecule has 2 aromatic rings. The van der Waals surface area contributed by atoms with Gasteiger partial charge in [-0.3, -0.25) is 9.40 Å². The van der Waals surface area contributed by atoms with Gasteiger partial charge in [0.05, 0.1) is 0 Å². The average molecular weight is 337 g/mol. The lowest BCUT2D eigenvalue weighted by Crippen LogP contribution is -2.15. The maximum absolute atomic E-state index is 12.2. The van der Waals surface area contributed by atoms with E-state index < -0.39 is 10.0 Å². The number of nitrogens with zero attached hydrogens (tertiary/aromatic N) is 4. The van der Waals surface area contributed by atoms with Crippen LogP contribution in [0.25, 0.3) is 0 Å². The highest BCUT2D eigenvalue weighted by molar-refractivity contribution is 7.92. The summed E-state index contributed by atoms with van der Waals surface area (Å²) in [5.74, 6) is -0.122. The minimum absolute atomic E-state index is 0.112. The zero-order valence-corrected chi connectivity index (χ0v) is 12.5. The highest BCUT2D eigenvalue weighted by Crippen LogP contribution is 2.29. The molecule has 0 aromatic carbocycles. The average Bonchev–Trinajstić information content (AvgIpc) is 2.76. The number of hydrogen-bond acceptors (Lipinski definition) is 6. The summed E-state index contributed by atoms with van der Waals surface area (Å²) < 4.78 is 28.1. The van der Waals surface area contributed by atoms with Crippen LogP contribution in [0.3, 0.4) is 0 Å². The lowest BCUT2D eigenvalue weighted by Gasteiger charge is -2.08. The number of aromatic nitrogens is 4. The van der Waals surface area contributed by atoms with Gasteiger partial charge in [-0.1, -0.05) is 23.2 Å². The molecule has 0 aliphatic heterocycles. The number of anilines is 2. The Morgan fingerprint density at radius 2 is 1.95 bits per heavy atom. The third kappa shape index (κ3) is 2.79. The summed E-state index contributed by atoms with van der Waals surface area (Å²) >= 11 is 11.6. The number of rotatable bonds is 4. The Hall–Kier alpha value is -1.58. The Bertz CT molecular complexity index is 725. The van der Waals surface area contributed by atoms with Crippen molar-refractivity contribution in [3.63, 3.8) is 0 Å². The van der Waals surface area contributed by atoms with E-state index in [4.69, 9.17) is 28.9 Å². The van der Waals surface area contributed by atoms with E-state index in [-0.39, 0.29) is 26.7 Å². The van der Waals surface area contributed by atoms with Gasteiger partial charge in [-0.25, -0.2) is 18.4 Å². The van der Waals surface area contributed by atoms with Gasteiger partial charge >= 0.3 is 0 Å². The zero-order valence-electron chi connectivity index (χ0n) is 10.2. The van der Waals surface area contributed by atoms with E-state index in [1.807, 2.05) is 0 Å². The monoisotopic (exact) mass is 336 g/mol. The van der Waals surface area contributed by atoms with Crippen molar-refractivity contribution in [2.75, 3.05) is 10.5 Å². The number of nitrogens with one attached hydrogen (secondary N) is 1. The predicted octanol–water partition coefficient (Wildman–Crippen LogP) is 1.38. The van der Waals surface area contributed by atoms with Gasteiger partial charge in [-0.2, -0.15) is 5.10 Å². The highest BCUT2D eigenvalue weighted by Gasteiger charge is 2.23. The van der Waals surface area contributed by atoms with Crippen molar-refractivity contribution in [1.29, 1.82) is 0 Å². The largest absolute Gasteiger partial charge is 0.381 e. The third-order valence-electron chi connectivity index (χ3n) is 2.36. The molecule has 2 heterocycles. The van der Waals surface area contributed by atoms with Gasteiger partial charge in [0.15, 0.2) is 16.1 Å². The normalized spacial score (nSPS) is 11.6. The second kappa shape index (κ2) is 5.43. The number of nitrogens with two attached hydrogens (primary N) is 1. The van der Waals surface area contributed by atoms with E-state index in [9.17, 15) is 8.42 Å². The van der Waals surface area contributed by atoms with Gasteiger partial charge < -0.3 is 5.73 Å². The molecule has 0 radical (unpaired) electrons. The van der Waals surface area contributed by atoms with Gasteiger partial charge in [0.1, 0.15) is 16.9 Å². The standard InChI is InChI=1S/C9H10Cl2N6O2S/c1-2-17-3-5(9(12)15-17)20(18,19)16-6-7(10)13-4-14-8(6)11/h3-4,16H,2H2,1H3,(H2,12,15). The Labute approximate surface area is 125 Å². The Balaban J connectivity index is 2.43. The minimum atomic E-state index is -3.99. The molecule has 0 saturated heterocycles. The van der Waals surface area contributed by atoms with E-state index in [1.165, 1.54) is 10.9 Å². The fraction of sp³-hybridized carbons (Fsp3) is 0.222. The summed E-state index contributed by atoms with van der Waals surface area (Å²) in [5.41, 5.74) is 5.47. The van der Waals surface area contributed by atoms with E-state index in [0.717, 1.165) is 6.33 Å². The molecule has 108 valence electrons. The summed E-state index contributed by atoms with van der Waals surface area (Å²) in [6.07, 6.45) is 2.43. The lowest BCUT2D eigenvalue weighted by atomic mass is 10.6. The number of hydrogen-bond donors (Lipinski definition) is 2. The smallest absolute Gasteiger partial charge is 0.267 e. The van der Waals surface area contributed by atoms with Crippen LogP contribution >= 0.6 is 23.2 Å². The van der Waals surface area contributed by atoms with Gasteiger partial charge in [0.2, 0.25) is 0 Å². The van der Waals surface area contributed by atoms with Crippen LogP contribution in [0.4, 0.5) is 11.5 Å². The lowest BCUT2D eigenvalue weighted by molar-refractivity contribution is 0.600. The zero-order chi connectivity index (χ0) is 14.9. The molecule has 0 aliphatic rings. The number of sulfonamides is 1. The van der Waals surface area contributed by atoms with Crippen LogP contribution < -0.4 is 10.5 Å². The fourth-order valence-electron chi connectivity index (χ4n) is 1.41. The van der Waals surface area contributed by atoms with Crippen molar-refractivity contribution in [2.45, 2.75) is 18.4 Å². The molecule has 0 fully saturated rings. The van der Waals surface area contributed by atoms with Gasteiger partial charge in [-0.05, 0) is 6.92 Å². The van der Waals surface area contributed by atoms with Crippen LogP contribution in [0.5, 0.6) is 0 Å². The number of halogens is 2. The first-order chi connectivity index (χ1) is 9.35. The summed E-state index contributed by atoms with van der Waals surface area (Å²) in [4.78, 5) is 7.13. The molecule has 0 unspecified atom stereocenters. The summed E-state index contributed by atoms with van der Waals surface area (Å²) in [6.45, 7) is 2.28. The molecular formula is C9H10Cl2N6O2S. The SMILES string of the molecule is CCn1cc(S(=O)(=O)Nc2c(Cl)ncnc2Cl)c(N)n1. The highest BCUT2D eigenvalue weighted by atomic mass is 35.5. The quantitative estimate of drug-likeness (QED) is 0.815. The van der Waals surface area contributed by atoms with Crippen molar-refractivity contribution in [3.8, 4) is 0 Å². The van der Waals surface area contributed by atoms with Crippen LogP contribution in [0.15, 0.2) is 17.4 Å². The molecule has 0 aliphatic carbocycles. The summed E-state index contributed by atoms with van der Waals surface area (Å²) in [7, 11) is -3.99. The van der Waals surface area contributed by atoms with E-state index in [2.05, 4.69) is 19.8 Å². The maximum Gasteiger partial charge on any atom is 0.267 e. The first kappa shape index (κ1) is 14.8. The molecule has 11 heteroatoms. The van der Waals surface area contributed by atoms with Crippen LogP contribution in [-0.4, -0.2) is 28.2 Å². The van der Waals surface area contributed by atoms with Crippen LogP contribution in [0.1, 0.15) is 6.92 Å². The first-order valence-electron chi connectivity index (χ1n) is 5.37. The van der Waals surface area contributed by atoms with Crippen molar-refractivity contribution in [2.24, 2.45) is 0 Å². The predicted molar refractivity (Wildman–Crippen MR) is 75.2 cm³/mol. The number of nitrogen functional groups attached to an aromatic ring is 1. The van der Waals surface area contributed by atoms with Crippen LogP contribution in [0.2, 0.25) is 10.3 Å². The second-order valence-corrected chi connectivity index (χ2v) is 6.04. The van der Waals surface area contributed by atoms with Crippen molar-refractivity contribution in [3.05, 3.63) is 22.8 Å². The minimum Gasteiger partial charge on any atom is -0.381 e. The van der Waals surface area contributed by atoms with Crippen molar-refractivity contribution in [1.82, 2.24) is 19.7 Å².